The molecule has 1 heterocycles. The Morgan fingerprint density at radius 1 is 1.32 bits per heavy atom. The Bertz CT molecular complexity index is 455. The molecule has 1 aromatic rings. The van der Waals surface area contributed by atoms with Crippen LogP contribution in [0.1, 0.15) is 12.8 Å². The Morgan fingerprint density at radius 3 is 2.68 bits per heavy atom. The summed E-state index contributed by atoms with van der Waals surface area (Å²) in [6.45, 7) is 0.567. The highest BCUT2D eigenvalue weighted by Crippen LogP contribution is 2.14. The summed E-state index contributed by atoms with van der Waals surface area (Å²) in [5.74, 6) is -0.475. The number of halogens is 1. The van der Waals surface area contributed by atoms with Gasteiger partial charge in [0.05, 0.1) is 6.54 Å². The second-order valence-corrected chi connectivity index (χ2v) is 5.19. The molecule has 0 spiro atoms. The van der Waals surface area contributed by atoms with Crippen LogP contribution < -0.4 is 10.6 Å². The van der Waals surface area contributed by atoms with Crippen LogP contribution in [0.25, 0.3) is 0 Å². The Labute approximate surface area is 119 Å². The molecule has 1 fully saturated rings. The fraction of sp³-hybridized carbons (Fsp3) is 0.385. The van der Waals surface area contributed by atoms with Crippen LogP contribution in [0.2, 0.25) is 0 Å². The number of anilines is 1. The van der Waals surface area contributed by atoms with Crippen molar-refractivity contribution in [2.75, 3.05) is 18.5 Å². The van der Waals surface area contributed by atoms with Gasteiger partial charge in [-0.05, 0) is 37.1 Å². The lowest BCUT2D eigenvalue weighted by Crippen LogP contribution is -2.39. The molecule has 2 rings (SSSR count). The standard InChI is InChI=1S/C13H15BrN2O3/c14-9-3-5-10(6-4-9)16-12(17)8-15-13(18)11-2-1-7-19-11/h3-6,11H,1-2,7-8H2,(H,15,18)(H,16,17). The van der Waals surface area contributed by atoms with Gasteiger partial charge in [0.15, 0.2) is 0 Å². The van der Waals surface area contributed by atoms with Gasteiger partial charge in [0.25, 0.3) is 0 Å². The van der Waals surface area contributed by atoms with E-state index in [0.717, 1.165) is 17.3 Å². The Morgan fingerprint density at radius 2 is 2.05 bits per heavy atom. The van der Waals surface area contributed by atoms with Crippen molar-refractivity contribution in [1.82, 2.24) is 5.32 Å². The summed E-state index contributed by atoms with van der Waals surface area (Å²) >= 11 is 3.32. The van der Waals surface area contributed by atoms with Gasteiger partial charge in [-0.2, -0.15) is 0 Å². The van der Waals surface area contributed by atoms with E-state index in [9.17, 15) is 9.59 Å². The zero-order valence-corrected chi connectivity index (χ0v) is 11.9. The van der Waals surface area contributed by atoms with Crippen molar-refractivity contribution in [2.24, 2.45) is 0 Å². The third-order valence-corrected chi connectivity index (χ3v) is 3.30. The number of benzene rings is 1. The minimum atomic E-state index is -0.402. The number of hydrogen-bond donors (Lipinski definition) is 2. The molecule has 19 heavy (non-hydrogen) atoms. The number of rotatable bonds is 4. The highest BCUT2D eigenvalue weighted by molar-refractivity contribution is 9.10. The average molecular weight is 327 g/mol. The number of carbonyl (C=O) groups is 2. The molecule has 0 bridgehead atoms. The van der Waals surface area contributed by atoms with Gasteiger partial charge in [-0.25, -0.2) is 0 Å². The normalized spacial score (nSPS) is 18.1. The molecule has 1 unspecified atom stereocenters. The van der Waals surface area contributed by atoms with E-state index in [0.29, 0.717) is 12.3 Å². The first-order valence-electron chi connectivity index (χ1n) is 6.10. The van der Waals surface area contributed by atoms with E-state index in [1.165, 1.54) is 0 Å². The maximum absolute atomic E-state index is 11.6. The maximum Gasteiger partial charge on any atom is 0.249 e. The molecule has 5 nitrogen and oxygen atoms in total. The molecule has 1 aromatic carbocycles. The minimum Gasteiger partial charge on any atom is -0.368 e. The Balaban J connectivity index is 1.75. The van der Waals surface area contributed by atoms with E-state index in [-0.39, 0.29) is 18.4 Å². The monoisotopic (exact) mass is 326 g/mol. The van der Waals surface area contributed by atoms with Crippen molar-refractivity contribution in [3.63, 3.8) is 0 Å². The van der Waals surface area contributed by atoms with E-state index < -0.39 is 6.10 Å². The molecule has 1 aliphatic rings. The topological polar surface area (TPSA) is 67.4 Å². The molecular weight excluding hydrogens is 312 g/mol. The second kappa shape index (κ2) is 6.68. The highest BCUT2D eigenvalue weighted by atomic mass is 79.9. The summed E-state index contributed by atoms with van der Waals surface area (Å²) in [5, 5.41) is 5.27. The third-order valence-electron chi connectivity index (χ3n) is 2.77. The van der Waals surface area contributed by atoms with Crippen LogP contribution in [-0.4, -0.2) is 31.1 Å². The van der Waals surface area contributed by atoms with E-state index >= 15 is 0 Å². The molecule has 0 aromatic heterocycles. The smallest absolute Gasteiger partial charge is 0.249 e. The molecule has 1 saturated heterocycles. The van der Waals surface area contributed by atoms with Gasteiger partial charge in [0.2, 0.25) is 11.8 Å². The van der Waals surface area contributed by atoms with Crippen molar-refractivity contribution in [3.8, 4) is 0 Å². The largest absolute Gasteiger partial charge is 0.368 e. The quantitative estimate of drug-likeness (QED) is 0.884. The van der Waals surface area contributed by atoms with Crippen molar-refractivity contribution in [2.45, 2.75) is 18.9 Å². The summed E-state index contributed by atoms with van der Waals surface area (Å²) in [5.41, 5.74) is 0.694. The van der Waals surface area contributed by atoms with Gasteiger partial charge in [-0.1, -0.05) is 15.9 Å². The predicted octanol–water partition coefficient (Wildman–Crippen LogP) is 1.68. The lowest BCUT2D eigenvalue weighted by atomic mass is 10.2. The average Bonchev–Trinajstić information content (AvgIpc) is 2.93. The molecule has 0 saturated carbocycles. The van der Waals surface area contributed by atoms with E-state index in [2.05, 4.69) is 26.6 Å². The van der Waals surface area contributed by atoms with Crippen molar-refractivity contribution >= 4 is 33.4 Å². The van der Waals surface area contributed by atoms with Gasteiger partial charge < -0.3 is 15.4 Å². The van der Waals surface area contributed by atoms with E-state index in [1.54, 1.807) is 12.1 Å². The molecule has 2 amide bonds. The summed E-state index contributed by atoms with van der Waals surface area (Å²) in [6, 6.07) is 7.23. The number of nitrogens with one attached hydrogen (secondary N) is 2. The van der Waals surface area contributed by atoms with Crippen LogP contribution in [0.15, 0.2) is 28.7 Å². The molecule has 1 atom stereocenters. The fourth-order valence-corrected chi connectivity index (χ4v) is 2.07. The van der Waals surface area contributed by atoms with Gasteiger partial charge in [0.1, 0.15) is 6.10 Å². The molecule has 1 aliphatic heterocycles. The highest BCUT2D eigenvalue weighted by Gasteiger charge is 2.23. The summed E-state index contributed by atoms with van der Waals surface area (Å²) < 4.78 is 6.17. The first-order valence-corrected chi connectivity index (χ1v) is 6.89. The van der Waals surface area contributed by atoms with Crippen LogP contribution in [-0.2, 0) is 14.3 Å². The number of hydrogen-bond acceptors (Lipinski definition) is 3. The van der Waals surface area contributed by atoms with E-state index in [4.69, 9.17) is 4.74 Å². The lowest BCUT2D eigenvalue weighted by molar-refractivity contribution is -0.131. The fourth-order valence-electron chi connectivity index (χ4n) is 1.80. The van der Waals surface area contributed by atoms with Crippen molar-refractivity contribution < 1.29 is 14.3 Å². The van der Waals surface area contributed by atoms with Gasteiger partial charge in [-0.3, -0.25) is 9.59 Å². The van der Waals surface area contributed by atoms with Gasteiger partial charge in [0, 0.05) is 16.8 Å². The van der Waals surface area contributed by atoms with Crippen LogP contribution >= 0.6 is 15.9 Å². The third kappa shape index (κ3) is 4.33. The maximum atomic E-state index is 11.6. The predicted molar refractivity (Wildman–Crippen MR) is 74.8 cm³/mol. The summed E-state index contributed by atoms with van der Waals surface area (Å²) in [4.78, 5) is 23.3. The SMILES string of the molecule is O=C(CNC(=O)C1CCCO1)Nc1ccc(Br)cc1. The molecule has 2 N–H and O–H groups in total. The van der Waals surface area contributed by atoms with Gasteiger partial charge >= 0.3 is 0 Å². The van der Waals surface area contributed by atoms with Crippen LogP contribution in [0.3, 0.4) is 0 Å². The molecular formula is C13H15BrN2O3. The van der Waals surface area contributed by atoms with Crippen molar-refractivity contribution in [1.29, 1.82) is 0 Å². The first-order chi connectivity index (χ1) is 9.15. The zero-order chi connectivity index (χ0) is 13.7. The van der Waals surface area contributed by atoms with Crippen LogP contribution in [0.5, 0.6) is 0 Å². The second-order valence-electron chi connectivity index (χ2n) is 4.27. The molecule has 102 valence electrons. The Hall–Kier alpha value is -1.40. The van der Waals surface area contributed by atoms with Crippen LogP contribution in [0, 0.1) is 0 Å². The van der Waals surface area contributed by atoms with Crippen LogP contribution in [0.4, 0.5) is 5.69 Å². The summed E-state index contributed by atoms with van der Waals surface area (Å²) in [6.07, 6.45) is 1.21. The molecule has 0 aliphatic carbocycles. The van der Waals surface area contributed by atoms with Gasteiger partial charge in [-0.15, -0.1) is 0 Å². The lowest BCUT2D eigenvalue weighted by Gasteiger charge is -2.10. The molecule has 0 radical (unpaired) electrons. The number of amides is 2. The van der Waals surface area contributed by atoms with E-state index in [1.807, 2.05) is 12.1 Å². The van der Waals surface area contributed by atoms with Crippen molar-refractivity contribution in [3.05, 3.63) is 28.7 Å². The summed E-state index contributed by atoms with van der Waals surface area (Å²) in [7, 11) is 0. The minimum absolute atomic E-state index is 0.0469. The first kappa shape index (κ1) is 14.0. The molecule has 6 heteroatoms. The number of carbonyl (C=O) groups excluding carboxylic acids is 2. The zero-order valence-electron chi connectivity index (χ0n) is 10.3. The number of ether oxygens (including phenoxy) is 1. The Kier molecular flexibility index (Phi) is 4.93.